The lowest BCUT2D eigenvalue weighted by molar-refractivity contribution is -0.124. The summed E-state index contributed by atoms with van der Waals surface area (Å²) < 4.78 is 0. The molecule has 3 unspecified atom stereocenters. The molecular weight excluding hydrogens is 558 g/mol. The first-order valence-electron chi connectivity index (χ1n) is 20.0. The molecule has 1 amide bonds. The predicted octanol–water partition coefficient (Wildman–Crippen LogP) is 10.9. The molecule has 5 heteroatoms. The molecular formula is C40H79NO4. The van der Waals surface area contributed by atoms with Crippen LogP contribution >= 0.6 is 0 Å². The Balaban J connectivity index is 3.59. The molecule has 4 N–H and O–H groups in total. The Morgan fingerprint density at radius 1 is 0.533 bits per heavy atom. The Bertz CT molecular complexity index is 625. The molecule has 0 spiro atoms. The van der Waals surface area contributed by atoms with Gasteiger partial charge in [0, 0.05) is 6.42 Å². The average molecular weight is 638 g/mol. The molecule has 0 radical (unpaired) electrons. The number of allylic oxidation sites excluding steroid dienone is 2. The summed E-state index contributed by atoms with van der Waals surface area (Å²) in [6.07, 6.45) is 40.3. The van der Waals surface area contributed by atoms with Crippen LogP contribution in [0.2, 0.25) is 0 Å². The van der Waals surface area contributed by atoms with Crippen LogP contribution in [0.1, 0.15) is 213 Å². The third-order valence-corrected chi connectivity index (χ3v) is 9.37. The van der Waals surface area contributed by atoms with E-state index in [0.29, 0.717) is 12.8 Å². The molecule has 0 saturated carbocycles. The van der Waals surface area contributed by atoms with Gasteiger partial charge in [-0.1, -0.05) is 180 Å². The Hall–Kier alpha value is -0.910. The normalized spacial score (nSPS) is 13.8. The molecule has 5 nitrogen and oxygen atoms in total. The highest BCUT2D eigenvalue weighted by atomic mass is 16.3. The van der Waals surface area contributed by atoms with Crippen LogP contribution < -0.4 is 5.32 Å². The Morgan fingerprint density at radius 2 is 0.889 bits per heavy atom. The van der Waals surface area contributed by atoms with Gasteiger partial charge in [-0.3, -0.25) is 4.79 Å². The van der Waals surface area contributed by atoms with Crippen LogP contribution in [0.5, 0.6) is 0 Å². The Kier molecular flexibility index (Phi) is 35.2. The minimum Gasteiger partial charge on any atom is -0.394 e. The smallest absolute Gasteiger partial charge is 0.220 e. The molecule has 0 saturated heterocycles. The molecule has 0 aliphatic carbocycles. The quantitative estimate of drug-likeness (QED) is 0.0406. The first-order chi connectivity index (χ1) is 22.1. The van der Waals surface area contributed by atoms with E-state index in [1.54, 1.807) is 0 Å². The minimum absolute atomic E-state index is 0.150. The van der Waals surface area contributed by atoms with Crippen molar-refractivity contribution in [3.63, 3.8) is 0 Å². The standard InChI is InChI=1S/C40H79NO4/c1-3-5-7-9-11-13-14-15-16-17-18-19-20-21-22-23-24-25-27-29-31-33-35-39(44)41-37(36-42)40(45)38(43)34-32-30-28-26-12-10-8-6-4-2/h20-21,37-38,40,42-43,45H,3-19,22-36H2,1-2H3,(H,41,44)/b21-20-. The number of aliphatic hydroxyl groups excluding tert-OH is 3. The molecule has 0 bridgehead atoms. The summed E-state index contributed by atoms with van der Waals surface area (Å²) in [5, 5.41) is 33.3. The van der Waals surface area contributed by atoms with Crippen LogP contribution in [-0.2, 0) is 4.79 Å². The highest BCUT2D eigenvalue weighted by Crippen LogP contribution is 2.15. The number of aliphatic hydroxyl groups is 3. The molecule has 0 heterocycles. The largest absolute Gasteiger partial charge is 0.394 e. The number of rotatable bonds is 36. The summed E-state index contributed by atoms with van der Waals surface area (Å²) in [6, 6.07) is -0.806. The van der Waals surface area contributed by atoms with E-state index in [-0.39, 0.29) is 12.5 Å². The van der Waals surface area contributed by atoms with Crippen LogP contribution in [0, 0.1) is 0 Å². The predicted molar refractivity (Wildman–Crippen MR) is 195 cm³/mol. The van der Waals surface area contributed by atoms with Gasteiger partial charge in [-0.15, -0.1) is 0 Å². The van der Waals surface area contributed by atoms with Gasteiger partial charge >= 0.3 is 0 Å². The fraction of sp³-hybridized carbons (Fsp3) is 0.925. The van der Waals surface area contributed by atoms with Crippen molar-refractivity contribution in [1.82, 2.24) is 5.32 Å². The van der Waals surface area contributed by atoms with Gasteiger partial charge in [0.1, 0.15) is 6.10 Å². The lowest BCUT2D eigenvalue weighted by Crippen LogP contribution is -2.50. The topological polar surface area (TPSA) is 89.8 Å². The van der Waals surface area contributed by atoms with E-state index in [1.165, 1.54) is 148 Å². The Labute approximate surface area is 280 Å². The van der Waals surface area contributed by atoms with Crippen molar-refractivity contribution >= 4 is 5.91 Å². The third-order valence-electron chi connectivity index (χ3n) is 9.37. The van der Waals surface area contributed by atoms with Crippen LogP contribution in [0.25, 0.3) is 0 Å². The molecule has 0 aromatic rings. The van der Waals surface area contributed by atoms with E-state index in [2.05, 4.69) is 31.3 Å². The fourth-order valence-electron chi connectivity index (χ4n) is 6.21. The maximum Gasteiger partial charge on any atom is 0.220 e. The van der Waals surface area contributed by atoms with Gasteiger partial charge in [0.15, 0.2) is 0 Å². The van der Waals surface area contributed by atoms with Crippen LogP contribution in [0.3, 0.4) is 0 Å². The van der Waals surface area contributed by atoms with Crippen molar-refractivity contribution in [2.75, 3.05) is 6.61 Å². The maximum absolute atomic E-state index is 12.4. The zero-order valence-corrected chi connectivity index (χ0v) is 30.3. The van der Waals surface area contributed by atoms with E-state index in [0.717, 1.165) is 38.5 Å². The zero-order valence-electron chi connectivity index (χ0n) is 30.3. The highest BCUT2D eigenvalue weighted by molar-refractivity contribution is 5.76. The van der Waals surface area contributed by atoms with E-state index in [4.69, 9.17) is 0 Å². The van der Waals surface area contributed by atoms with Gasteiger partial charge in [-0.25, -0.2) is 0 Å². The zero-order chi connectivity index (χ0) is 33.1. The van der Waals surface area contributed by atoms with Gasteiger partial charge in [0.2, 0.25) is 5.91 Å². The van der Waals surface area contributed by atoms with Crippen molar-refractivity contribution in [2.45, 2.75) is 231 Å². The maximum atomic E-state index is 12.4. The van der Waals surface area contributed by atoms with E-state index < -0.39 is 18.2 Å². The van der Waals surface area contributed by atoms with Gasteiger partial charge in [-0.2, -0.15) is 0 Å². The number of amides is 1. The van der Waals surface area contributed by atoms with Crippen molar-refractivity contribution in [2.24, 2.45) is 0 Å². The van der Waals surface area contributed by atoms with E-state index in [1.807, 2.05) is 0 Å². The monoisotopic (exact) mass is 638 g/mol. The SMILES string of the molecule is CCCCCCCCCCCCC/C=C\CCCCCCCCCC(=O)NC(CO)C(O)C(O)CCCCCCCCCCC. The molecule has 0 fully saturated rings. The van der Waals surface area contributed by atoms with Crippen molar-refractivity contribution in [3.05, 3.63) is 12.2 Å². The summed E-state index contributed by atoms with van der Waals surface area (Å²) >= 11 is 0. The van der Waals surface area contributed by atoms with Gasteiger partial charge < -0.3 is 20.6 Å². The molecule has 0 aliphatic rings. The van der Waals surface area contributed by atoms with Crippen molar-refractivity contribution < 1.29 is 20.1 Å². The second-order valence-corrected chi connectivity index (χ2v) is 13.8. The molecule has 0 aliphatic heterocycles. The first-order valence-corrected chi connectivity index (χ1v) is 20.0. The summed E-state index contributed by atoms with van der Waals surface area (Å²) in [5.41, 5.74) is 0. The summed E-state index contributed by atoms with van der Waals surface area (Å²) in [4.78, 5) is 12.4. The first kappa shape index (κ1) is 44.1. The van der Waals surface area contributed by atoms with Gasteiger partial charge in [-0.05, 0) is 38.5 Å². The van der Waals surface area contributed by atoms with Crippen LogP contribution in [0.15, 0.2) is 12.2 Å². The third kappa shape index (κ3) is 31.5. The number of hydrogen-bond acceptors (Lipinski definition) is 4. The lowest BCUT2D eigenvalue weighted by atomic mass is 9.99. The average Bonchev–Trinajstić information content (AvgIpc) is 3.04. The summed E-state index contributed by atoms with van der Waals surface area (Å²) in [7, 11) is 0. The molecule has 0 rings (SSSR count). The number of hydrogen-bond donors (Lipinski definition) is 4. The number of nitrogens with one attached hydrogen (secondary N) is 1. The number of carbonyl (C=O) groups is 1. The molecule has 268 valence electrons. The Morgan fingerprint density at radius 3 is 1.29 bits per heavy atom. The minimum atomic E-state index is -1.13. The van der Waals surface area contributed by atoms with Crippen LogP contribution in [-0.4, -0.2) is 46.1 Å². The number of carbonyl (C=O) groups excluding carboxylic acids is 1. The summed E-state index contributed by atoms with van der Waals surface area (Å²) in [6.45, 7) is 4.15. The van der Waals surface area contributed by atoms with E-state index in [9.17, 15) is 20.1 Å². The second-order valence-electron chi connectivity index (χ2n) is 13.8. The van der Waals surface area contributed by atoms with Gasteiger partial charge in [0.25, 0.3) is 0 Å². The highest BCUT2D eigenvalue weighted by Gasteiger charge is 2.26. The summed E-state index contributed by atoms with van der Waals surface area (Å²) in [5.74, 6) is -0.150. The second kappa shape index (κ2) is 35.9. The van der Waals surface area contributed by atoms with E-state index >= 15 is 0 Å². The molecule has 3 atom stereocenters. The molecule has 45 heavy (non-hydrogen) atoms. The van der Waals surface area contributed by atoms with Crippen molar-refractivity contribution in [3.8, 4) is 0 Å². The molecule has 0 aromatic carbocycles. The van der Waals surface area contributed by atoms with Gasteiger partial charge in [0.05, 0.1) is 18.8 Å². The van der Waals surface area contributed by atoms with Crippen molar-refractivity contribution in [1.29, 1.82) is 0 Å². The molecule has 0 aromatic heterocycles. The number of unbranched alkanes of at least 4 members (excludes halogenated alkanes) is 26. The lowest BCUT2D eigenvalue weighted by Gasteiger charge is -2.26. The van der Waals surface area contributed by atoms with Crippen LogP contribution in [0.4, 0.5) is 0 Å². The fourth-order valence-corrected chi connectivity index (χ4v) is 6.21.